The summed E-state index contributed by atoms with van der Waals surface area (Å²) in [5.41, 5.74) is 4.97. The first-order valence-electron chi connectivity index (χ1n) is 12.9. The van der Waals surface area contributed by atoms with E-state index in [2.05, 4.69) is 17.1 Å². The third-order valence-electron chi connectivity index (χ3n) is 8.11. The van der Waals surface area contributed by atoms with E-state index < -0.39 is 16.0 Å². The molecule has 2 N–H and O–H groups in total. The zero-order valence-electron chi connectivity index (χ0n) is 21.1. The largest absolute Gasteiger partial charge is 0.478 e. The van der Waals surface area contributed by atoms with Crippen LogP contribution in [0.2, 0.25) is 0 Å². The average Bonchev–Trinajstić information content (AvgIpc) is 3.68. The zero-order chi connectivity index (χ0) is 25.9. The van der Waals surface area contributed by atoms with Gasteiger partial charge in [-0.3, -0.25) is 0 Å². The van der Waals surface area contributed by atoms with Crippen molar-refractivity contribution < 1.29 is 18.3 Å². The number of nitrogens with zero attached hydrogens (tertiary/aromatic N) is 2. The van der Waals surface area contributed by atoms with Gasteiger partial charge in [0, 0.05) is 36.6 Å². The summed E-state index contributed by atoms with van der Waals surface area (Å²) >= 11 is 0. The van der Waals surface area contributed by atoms with E-state index in [1.807, 2.05) is 42.5 Å². The molecule has 1 fully saturated rings. The highest BCUT2D eigenvalue weighted by molar-refractivity contribution is 7.89. The molecule has 1 saturated carbocycles. The van der Waals surface area contributed by atoms with E-state index in [0.29, 0.717) is 12.2 Å². The van der Waals surface area contributed by atoms with Crippen LogP contribution in [-0.4, -0.2) is 43.4 Å². The molecule has 0 radical (unpaired) electrons. The van der Waals surface area contributed by atoms with Crippen LogP contribution >= 0.6 is 0 Å². The van der Waals surface area contributed by atoms with Gasteiger partial charge in [-0.25, -0.2) is 13.2 Å². The molecule has 1 aliphatic carbocycles. The van der Waals surface area contributed by atoms with Crippen molar-refractivity contribution in [2.75, 3.05) is 23.8 Å². The average molecular weight is 518 g/mol. The highest BCUT2D eigenvalue weighted by Crippen LogP contribution is 2.57. The van der Waals surface area contributed by atoms with Gasteiger partial charge in [-0.15, -0.1) is 0 Å². The number of nitrogens with one attached hydrogen (secondary N) is 1. The Kier molecular flexibility index (Phi) is 5.58. The van der Waals surface area contributed by atoms with E-state index in [9.17, 15) is 18.3 Å². The standard InChI is InChI=1S/C29H31N3O4S/c1-3-4-8-21-18-32(20-9-6-5-7-10-20)26-17-25-23(16-27(26)37(35,36)31(21)2)22-15-19(28(33)34)11-12-24(22)29(30-25)13-14-29/h5-7,9-12,15-17,21,30H,3-4,8,13-14,18H2,1-2H3,(H,33,34)/t21-/m1/s1. The number of hydrogen-bond acceptors (Lipinski definition) is 5. The maximum atomic E-state index is 14.1. The van der Waals surface area contributed by atoms with Crippen LogP contribution in [0.25, 0.3) is 11.1 Å². The molecule has 0 bridgehead atoms. The molecule has 37 heavy (non-hydrogen) atoms. The van der Waals surface area contributed by atoms with Crippen LogP contribution in [-0.2, 0) is 15.6 Å². The minimum Gasteiger partial charge on any atom is -0.478 e. The van der Waals surface area contributed by atoms with Crippen molar-refractivity contribution in [2.45, 2.75) is 55.5 Å². The zero-order valence-corrected chi connectivity index (χ0v) is 21.9. The minimum atomic E-state index is -3.81. The fourth-order valence-electron chi connectivity index (χ4n) is 5.81. The van der Waals surface area contributed by atoms with Gasteiger partial charge in [0.2, 0.25) is 10.0 Å². The monoisotopic (exact) mass is 517 g/mol. The number of likely N-dealkylation sites (N-methyl/N-ethyl adjacent to an activating group) is 1. The predicted octanol–water partition coefficient (Wildman–Crippen LogP) is 5.80. The second-order valence-corrected chi connectivity index (χ2v) is 12.4. The molecule has 192 valence electrons. The lowest BCUT2D eigenvalue weighted by Crippen LogP contribution is -2.40. The number of fused-ring (bicyclic) bond motifs is 5. The van der Waals surface area contributed by atoms with Gasteiger partial charge in [0.25, 0.3) is 0 Å². The number of benzene rings is 3. The Balaban J connectivity index is 1.59. The molecule has 1 spiro atoms. The quantitative estimate of drug-likeness (QED) is 0.445. The van der Waals surface area contributed by atoms with Gasteiger partial charge in [-0.2, -0.15) is 4.31 Å². The number of rotatable bonds is 5. The van der Waals surface area contributed by atoms with E-state index >= 15 is 0 Å². The van der Waals surface area contributed by atoms with E-state index in [4.69, 9.17) is 0 Å². The molecule has 0 unspecified atom stereocenters. The normalized spacial score (nSPS) is 20.8. The Hall–Kier alpha value is -3.36. The first kappa shape index (κ1) is 24.0. The molecule has 2 heterocycles. The van der Waals surface area contributed by atoms with Crippen molar-refractivity contribution in [3.05, 3.63) is 71.8 Å². The number of carboxylic acid groups (broad SMARTS) is 1. The summed E-state index contributed by atoms with van der Waals surface area (Å²) in [4.78, 5) is 14.2. The van der Waals surface area contributed by atoms with E-state index in [1.54, 1.807) is 25.2 Å². The Labute approximate surface area is 217 Å². The molecule has 2 aliphatic heterocycles. The van der Waals surface area contributed by atoms with Crippen molar-refractivity contribution in [3.8, 4) is 11.1 Å². The van der Waals surface area contributed by atoms with Crippen molar-refractivity contribution >= 4 is 33.1 Å². The maximum absolute atomic E-state index is 14.1. The van der Waals surface area contributed by atoms with Crippen LogP contribution in [0.5, 0.6) is 0 Å². The third kappa shape index (κ3) is 3.81. The van der Waals surface area contributed by atoms with Gasteiger partial charge in [-0.1, -0.05) is 44.0 Å². The number of unbranched alkanes of at least 4 members (excludes halogenated alkanes) is 1. The predicted molar refractivity (Wildman–Crippen MR) is 145 cm³/mol. The second kappa shape index (κ2) is 8.60. The van der Waals surface area contributed by atoms with E-state index in [-0.39, 0.29) is 22.0 Å². The number of carboxylic acids is 1. The van der Waals surface area contributed by atoms with Crippen LogP contribution in [0, 0.1) is 0 Å². The highest BCUT2D eigenvalue weighted by Gasteiger charge is 2.49. The van der Waals surface area contributed by atoms with Crippen molar-refractivity contribution in [1.82, 2.24) is 4.31 Å². The molecule has 0 amide bonds. The number of para-hydroxylation sites is 1. The van der Waals surface area contributed by atoms with Crippen molar-refractivity contribution in [3.63, 3.8) is 0 Å². The molecule has 1 atom stereocenters. The summed E-state index contributed by atoms with van der Waals surface area (Å²) in [5.74, 6) is -0.996. The number of sulfonamides is 1. The molecule has 3 aliphatic rings. The van der Waals surface area contributed by atoms with Gasteiger partial charge < -0.3 is 15.3 Å². The second-order valence-electron chi connectivity index (χ2n) is 10.4. The van der Waals surface area contributed by atoms with Crippen LogP contribution < -0.4 is 10.2 Å². The molecule has 3 aromatic carbocycles. The fraction of sp³-hybridized carbons (Fsp3) is 0.345. The molecule has 6 rings (SSSR count). The molecular weight excluding hydrogens is 486 g/mol. The summed E-state index contributed by atoms with van der Waals surface area (Å²) in [6, 6.07) is 18.7. The van der Waals surface area contributed by atoms with Crippen LogP contribution in [0.3, 0.4) is 0 Å². The smallest absolute Gasteiger partial charge is 0.335 e. The van der Waals surface area contributed by atoms with Crippen LogP contribution in [0.15, 0.2) is 65.6 Å². The van der Waals surface area contributed by atoms with Crippen molar-refractivity contribution in [2.24, 2.45) is 0 Å². The molecule has 3 aromatic rings. The van der Waals surface area contributed by atoms with Gasteiger partial charge in [0.05, 0.1) is 16.8 Å². The van der Waals surface area contributed by atoms with Crippen molar-refractivity contribution in [1.29, 1.82) is 0 Å². The van der Waals surface area contributed by atoms with Gasteiger partial charge in [0.1, 0.15) is 4.90 Å². The first-order chi connectivity index (χ1) is 17.7. The van der Waals surface area contributed by atoms with E-state index in [0.717, 1.165) is 60.2 Å². The summed E-state index contributed by atoms with van der Waals surface area (Å²) < 4.78 is 29.7. The number of anilines is 3. The summed E-state index contributed by atoms with van der Waals surface area (Å²) in [5, 5.41) is 13.4. The topological polar surface area (TPSA) is 90.0 Å². The summed E-state index contributed by atoms with van der Waals surface area (Å²) in [6.07, 6.45) is 4.60. The number of hydrogen-bond donors (Lipinski definition) is 2. The molecule has 8 heteroatoms. The SMILES string of the molecule is CCCC[C@@H]1CN(c2ccccc2)c2cc3c(cc2S(=O)(=O)N1C)-c1cc(C(=O)O)ccc1C1(CC1)N3. The first-order valence-corrected chi connectivity index (χ1v) is 14.3. The van der Waals surface area contributed by atoms with Crippen LogP contribution in [0.1, 0.15) is 54.9 Å². The molecule has 7 nitrogen and oxygen atoms in total. The highest BCUT2D eigenvalue weighted by atomic mass is 32.2. The number of aromatic carboxylic acids is 1. The Morgan fingerprint density at radius 2 is 1.84 bits per heavy atom. The lowest BCUT2D eigenvalue weighted by atomic mass is 9.86. The Bertz CT molecular complexity index is 1500. The summed E-state index contributed by atoms with van der Waals surface area (Å²) in [6.45, 7) is 2.67. The van der Waals surface area contributed by atoms with Gasteiger partial charge >= 0.3 is 5.97 Å². The summed E-state index contributed by atoms with van der Waals surface area (Å²) in [7, 11) is -2.12. The Morgan fingerprint density at radius 3 is 2.51 bits per heavy atom. The minimum absolute atomic E-state index is 0.178. The Morgan fingerprint density at radius 1 is 1.08 bits per heavy atom. The number of carbonyl (C=O) groups is 1. The van der Waals surface area contributed by atoms with E-state index in [1.165, 1.54) is 4.31 Å². The lowest BCUT2D eigenvalue weighted by molar-refractivity contribution is 0.0697. The lowest BCUT2D eigenvalue weighted by Gasteiger charge is -2.33. The van der Waals surface area contributed by atoms with Gasteiger partial charge in [0.15, 0.2) is 0 Å². The third-order valence-corrected chi connectivity index (χ3v) is 10.0. The maximum Gasteiger partial charge on any atom is 0.335 e. The van der Waals surface area contributed by atoms with Gasteiger partial charge in [-0.05, 0) is 66.8 Å². The molecule has 0 saturated heterocycles. The molecule has 0 aromatic heterocycles. The molecular formula is C29H31N3O4S. The fourth-order valence-corrected chi connectivity index (χ4v) is 7.39. The van der Waals surface area contributed by atoms with Crippen LogP contribution in [0.4, 0.5) is 17.1 Å².